The molecule has 0 atom stereocenters. The number of Topliss-reactive ketones (excluding diaryl/α,β-unsaturated/α-hetero) is 1. The first-order chi connectivity index (χ1) is 11.7. The number of carbonyl (C=O) groups excluding carboxylic acids is 1. The summed E-state index contributed by atoms with van der Waals surface area (Å²) >= 11 is 0. The van der Waals surface area contributed by atoms with Gasteiger partial charge in [-0.2, -0.15) is 0 Å². The minimum Gasteiger partial charge on any atom is -0.399 e. The fourth-order valence-corrected chi connectivity index (χ4v) is 3.20. The number of fused-ring (bicyclic) bond motifs is 2. The molecule has 0 saturated carbocycles. The summed E-state index contributed by atoms with van der Waals surface area (Å²) in [6, 6.07) is 21.8. The topological polar surface area (TPSA) is 55.1 Å². The lowest BCUT2D eigenvalue weighted by Gasteiger charge is -2.11. The molecule has 0 saturated heterocycles. The number of rotatable bonds is 2. The van der Waals surface area contributed by atoms with Crippen molar-refractivity contribution < 1.29 is 4.79 Å². The summed E-state index contributed by atoms with van der Waals surface area (Å²) in [5.74, 6) is 0.189. The van der Waals surface area contributed by atoms with Crippen molar-refractivity contribution in [2.45, 2.75) is 12.8 Å². The van der Waals surface area contributed by atoms with E-state index >= 15 is 0 Å². The first-order valence-electron chi connectivity index (χ1n) is 8.04. The molecule has 3 heteroatoms. The van der Waals surface area contributed by atoms with Crippen molar-refractivity contribution in [3.05, 3.63) is 89.0 Å². The summed E-state index contributed by atoms with van der Waals surface area (Å²) in [7, 11) is 0. The first-order valence-corrected chi connectivity index (χ1v) is 8.04. The monoisotopic (exact) mass is 314 g/mol. The molecule has 0 aromatic heterocycles. The Morgan fingerprint density at radius 2 is 1.42 bits per heavy atom. The first kappa shape index (κ1) is 14.5. The van der Waals surface area contributed by atoms with Crippen LogP contribution in [0.25, 0.3) is 0 Å². The Balaban J connectivity index is 1.69. The Morgan fingerprint density at radius 3 is 2.17 bits per heavy atom. The highest BCUT2D eigenvalue weighted by molar-refractivity contribution is 6.00. The van der Waals surface area contributed by atoms with E-state index in [4.69, 9.17) is 5.73 Å². The number of hydrogen-bond donors (Lipinski definition) is 2. The second-order valence-corrected chi connectivity index (χ2v) is 6.16. The van der Waals surface area contributed by atoms with Crippen LogP contribution in [-0.2, 0) is 12.8 Å². The van der Waals surface area contributed by atoms with Crippen molar-refractivity contribution in [3.63, 3.8) is 0 Å². The average molecular weight is 314 g/mol. The molecule has 118 valence electrons. The zero-order chi connectivity index (χ0) is 16.5. The predicted octanol–water partition coefficient (Wildman–Crippen LogP) is 4.34. The fraction of sp³-hybridized carbons (Fsp3) is 0.0952. The second-order valence-electron chi connectivity index (χ2n) is 6.16. The van der Waals surface area contributed by atoms with Crippen molar-refractivity contribution in [2.75, 3.05) is 11.1 Å². The van der Waals surface area contributed by atoms with Gasteiger partial charge in [-0.1, -0.05) is 24.3 Å². The molecule has 0 spiro atoms. The maximum Gasteiger partial charge on any atom is 0.167 e. The van der Waals surface area contributed by atoms with Crippen molar-refractivity contribution in [3.8, 4) is 0 Å². The van der Waals surface area contributed by atoms with Gasteiger partial charge in [0.05, 0.1) is 0 Å². The number of nitrogens with two attached hydrogens (primary N) is 1. The lowest BCUT2D eigenvalue weighted by molar-refractivity contribution is 0.0993. The molecule has 0 unspecified atom stereocenters. The molecule has 0 amide bonds. The van der Waals surface area contributed by atoms with E-state index in [1.54, 1.807) is 0 Å². The number of benzene rings is 3. The van der Waals surface area contributed by atoms with E-state index in [0.29, 0.717) is 6.42 Å². The normalized spacial score (nSPS) is 12.9. The molecule has 0 heterocycles. The van der Waals surface area contributed by atoms with Crippen LogP contribution in [0, 0.1) is 0 Å². The number of ketones is 1. The van der Waals surface area contributed by atoms with Crippen LogP contribution in [0.1, 0.15) is 27.0 Å². The van der Waals surface area contributed by atoms with Crippen molar-refractivity contribution in [2.24, 2.45) is 0 Å². The van der Waals surface area contributed by atoms with Gasteiger partial charge in [0.15, 0.2) is 5.78 Å². The molecule has 4 rings (SSSR count). The molecular formula is C21H18N2O. The Morgan fingerprint density at radius 1 is 0.750 bits per heavy atom. The molecular weight excluding hydrogens is 296 g/mol. The smallest absolute Gasteiger partial charge is 0.167 e. The van der Waals surface area contributed by atoms with E-state index in [1.165, 1.54) is 5.56 Å². The van der Waals surface area contributed by atoms with Crippen molar-refractivity contribution in [1.82, 2.24) is 0 Å². The predicted molar refractivity (Wildman–Crippen MR) is 97.9 cm³/mol. The van der Waals surface area contributed by atoms with Gasteiger partial charge in [0.1, 0.15) is 0 Å². The van der Waals surface area contributed by atoms with Crippen LogP contribution >= 0.6 is 0 Å². The molecule has 3 N–H and O–H groups in total. The van der Waals surface area contributed by atoms with Crippen LogP contribution in [0.5, 0.6) is 0 Å². The SMILES string of the molecule is Nc1ccc(Nc2ccc3c(c2)Cc2ccccc2CC3=O)cc1. The molecule has 24 heavy (non-hydrogen) atoms. The van der Waals surface area contributed by atoms with Gasteiger partial charge in [0, 0.05) is 29.0 Å². The molecule has 0 fully saturated rings. The number of hydrogen-bond acceptors (Lipinski definition) is 3. The van der Waals surface area contributed by atoms with Crippen LogP contribution in [0.15, 0.2) is 66.7 Å². The molecule has 1 aliphatic carbocycles. The van der Waals surface area contributed by atoms with Gasteiger partial charge in [0.2, 0.25) is 0 Å². The van der Waals surface area contributed by atoms with E-state index in [-0.39, 0.29) is 5.78 Å². The fourth-order valence-electron chi connectivity index (χ4n) is 3.20. The van der Waals surface area contributed by atoms with Gasteiger partial charge >= 0.3 is 0 Å². The Hall–Kier alpha value is -3.07. The summed E-state index contributed by atoms with van der Waals surface area (Å²) in [5, 5.41) is 3.37. The Labute approximate surface area is 141 Å². The summed E-state index contributed by atoms with van der Waals surface area (Å²) in [6.07, 6.45) is 1.27. The maximum atomic E-state index is 12.5. The van der Waals surface area contributed by atoms with Gasteiger partial charge in [-0.05, 0) is 65.6 Å². The second kappa shape index (κ2) is 5.85. The van der Waals surface area contributed by atoms with Gasteiger partial charge in [0.25, 0.3) is 0 Å². The molecule has 1 aliphatic rings. The molecule has 0 bridgehead atoms. The van der Waals surface area contributed by atoms with Crippen LogP contribution in [0.2, 0.25) is 0 Å². The Kier molecular flexibility index (Phi) is 3.54. The summed E-state index contributed by atoms with van der Waals surface area (Å²) in [4.78, 5) is 12.5. The zero-order valence-corrected chi connectivity index (χ0v) is 13.3. The molecule has 3 aromatic rings. The van der Waals surface area contributed by atoms with E-state index in [1.807, 2.05) is 54.6 Å². The van der Waals surface area contributed by atoms with Gasteiger partial charge in [-0.15, -0.1) is 0 Å². The van der Waals surface area contributed by atoms with E-state index in [9.17, 15) is 4.79 Å². The van der Waals surface area contributed by atoms with Gasteiger partial charge < -0.3 is 11.1 Å². The Bertz CT molecular complexity index is 913. The van der Waals surface area contributed by atoms with Crippen molar-refractivity contribution >= 4 is 22.8 Å². The number of anilines is 3. The van der Waals surface area contributed by atoms with Crippen LogP contribution < -0.4 is 11.1 Å². The van der Waals surface area contributed by atoms with Gasteiger partial charge in [-0.3, -0.25) is 4.79 Å². The van der Waals surface area contributed by atoms with Crippen LogP contribution in [-0.4, -0.2) is 5.78 Å². The number of nitrogen functional groups attached to an aromatic ring is 1. The van der Waals surface area contributed by atoms with Crippen LogP contribution in [0.3, 0.4) is 0 Å². The van der Waals surface area contributed by atoms with Crippen LogP contribution in [0.4, 0.5) is 17.1 Å². The third kappa shape index (κ3) is 2.76. The quantitative estimate of drug-likeness (QED) is 0.692. The highest BCUT2D eigenvalue weighted by atomic mass is 16.1. The third-order valence-corrected chi connectivity index (χ3v) is 4.46. The summed E-state index contributed by atoms with van der Waals surface area (Å²) in [5.41, 5.74) is 12.7. The molecule has 0 aliphatic heterocycles. The molecule has 3 aromatic carbocycles. The lowest BCUT2D eigenvalue weighted by atomic mass is 9.99. The van der Waals surface area contributed by atoms with Gasteiger partial charge in [-0.25, -0.2) is 0 Å². The van der Waals surface area contributed by atoms with E-state index in [2.05, 4.69) is 17.4 Å². The standard InChI is InChI=1S/C21H18N2O/c22-17-5-7-18(8-6-17)23-19-9-10-20-16(12-19)11-14-3-1-2-4-15(14)13-21(20)24/h1-10,12,23H,11,13,22H2. The maximum absolute atomic E-state index is 12.5. The minimum atomic E-state index is 0.189. The molecule has 3 nitrogen and oxygen atoms in total. The highest BCUT2D eigenvalue weighted by Gasteiger charge is 2.19. The number of nitrogens with one attached hydrogen (secondary N) is 1. The average Bonchev–Trinajstić information content (AvgIpc) is 2.72. The zero-order valence-electron chi connectivity index (χ0n) is 13.3. The number of carbonyl (C=O) groups is 1. The summed E-state index contributed by atoms with van der Waals surface area (Å²) in [6.45, 7) is 0. The van der Waals surface area contributed by atoms with E-state index < -0.39 is 0 Å². The highest BCUT2D eigenvalue weighted by Crippen LogP contribution is 2.28. The lowest BCUT2D eigenvalue weighted by Crippen LogP contribution is -2.04. The summed E-state index contributed by atoms with van der Waals surface area (Å²) < 4.78 is 0. The molecule has 0 radical (unpaired) electrons. The largest absolute Gasteiger partial charge is 0.399 e. The van der Waals surface area contributed by atoms with E-state index in [0.717, 1.165) is 40.2 Å². The third-order valence-electron chi connectivity index (χ3n) is 4.46. The minimum absolute atomic E-state index is 0.189. The van der Waals surface area contributed by atoms with Crippen molar-refractivity contribution in [1.29, 1.82) is 0 Å².